The standard InChI is InChI=1S/C12H16BrNO/c1-3-11(13)7-4-6-10(2)14-9-5-8-12(14)15/h3-4,6-7,10H,1,5,8-9H2,2H3/b6-4+,11-7+. The fourth-order valence-electron chi connectivity index (χ4n) is 1.58. The van der Waals surface area contributed by atoms with Gasteiger partial charge in [0.25, 0.3) is 0 Å². The van der Waals surface area contributed by atoms with E-state index in [0.29, 0.717) is 6.42 Å². The van der Waals surface area contributed by atoms with Crippen molar-refractivity contribution >= 4 is 21.8 Å². The molecule has 0 N–H and O–H groups in total. The Morgan fingerprint density at radius 2 is 2.40 bits per heavy atom. The molecule has 0 aromatic rings. The van der Waals surface area contributed by atoms with Crippen molar-refractivity contribution in [3.8, 4) is 0 Å². The highest BCUT2D eigenvalue weighted by molar-refractivity contribution is 9.11. The van der Waals surface area contributed by atoms with Gasteiger partial charge in [0.1, 0.15) is 0 Å². The van der Waals surface area contributed by atoms with Crippen molar-refractivity contribution in [3.63, 3.8) is 0 Å². The summed E-state index contributed by atoms with van der Waals surface area (Å²) in [6.07, 6.45) is 9.31. The van der Waals surface area contributed by atoms with E-state index in [9.17, 15) is 4.79 Å². The molecule has 0 radical (unpaired) electrons. The number of carbonyl (C=O) groups excluding carboxylic acids is 1. The molecule has 1 aliphatic heterocycles. The van der Waals surface area contributed by atoms with Crippen LogP contribution in [0.3, 0.4) is 0 Å². The van der Waals surface area contributed by atoms with Crippen molar-refractivity contribution in [3.05, 3.63) is 35.4 Å². The van der Waals surface area contributed by atoms with Gasteiger partial charge in [-0.2, -0.15) is 0 Å². The smallest absolute Gasteiger partial charge is 0.223 e. The van der Waals surface area contributed by atoms with Crippen LogP contribution >= 0.6 is 15.9 Å². The van der Waals surface area contributed by atoms with Crippen LogP contribution in [0.4, 0.5) is 0 Å². The molecule has 0 aromatic carbocycles. The first-order valence-electron chi connectivity index (χ1n) is 5.11. The zero-order valence-electron chi connectivity index (χ0n) is 8.95. The zero-order chi connectivity index (χ0) is 11.3. The molecule has 1 unspecified atom stereocenters. The summed E-state index contributed by atoms with van der Waals surface area (Å²) in [5.41, 5.74) is 0. The number of amides is 1. The van der Waals surface area contributed by atoms with Crippen LogP contribution in [0.25, 0.3) is 0 Å². The summed E-state index contributed by atoms with van der Waals surface area (Å²) in [6.45, 7) is 6.56. The van der Waals surface area contributed by atoms with Crippen molar-refractivity contribution in [1.29, 1.82) is 0 Å². The molecule has 1 atom stereocenters. The molecule has 2 nitrogen and oxygen atoms in total. The van der Waals surface area contributed by atoms with E-state index in [2.05, 4.69) is 22.5 Å². The Morgan fingerprint density at radius 3 is 2.93 bits per heavy atom. The topological polar surface area (TPSA) is 20.3 Å². The minimum absolute atomic E-state index is 0.182. The third-order valence-electron chi connectivity index (χ3n) is 2.44. The highest BCUT2D eigenvalue weighted by Crippen LogP contribution is 2.14. The second kappa shape index (κ2) is 5.91. The van der Waals surface area contributed by atoms with Crippen LogP contribution in [-0.2, 0) is 4.79 Å². The first-order valence-corrected chi connectivity index (χ1v) is 5.90. The molecule has 15 heavy (non-hydrogen) atoms. The van der Waals surface area contributed by atoms with Crippen LogP contribution in [0.1, 0.15) is 19.8 Å². The van der Waals surface area contributed by atoms with Gasteiger partial charge in [0.05, 0.1) is 0 Å². The lowest BCUT2D eigenvalue weighted by molar-refractivity contribution is -0.128. The fourth-order valence-corrected chi connectivity index (χ4v) is 1.73. The van der Waals surface area contributed by atoms with Gasteiger partial charge in [-0.05, 0) is 19.4 Å². The Morgan fingerprint density at radius 1 is 1.67 bits per heavy atom. The number of carbonyl (C=O) groups is 1. The maximum Gasteiger partial charge on any atom is 0.223 e. The molecule has 1 aliphatic rings. The molecule has 1 saturated heterocycles. The van der Waals surface area contributed by atoms with Crippen LogP contribution in [0, 0.1) is 0 Å². The number of likely N-dealkylation sites (tertiary alicyclic amines) is 1. The average Bonchev–Trinajstić information content (AvgIpc) is 2.64. The van der Waals surface area contributed by atoms with E-state index < -0.39 is 0 Å². The monoisotopic (exact) mass is 269 g/mol. The van der Waals surface area contributed by atoms with E-state index in [0.717, 1.165) is 17.4 Å². The van der Waals surface area contributed by atoms with E-state index in [1.54, 1.807) is 6.08 Å². The zero-order valence-corrected chi connectivity index (χ0v) is 10.5. The minimum atomic E-state index is 0.182. The van der Waals surface area contributed by atoms with Crippen LogP contribution in [0.15, 0.2) is 35.4 Å². The lowest BCUT2D eigenvalue weighted by Crippen LogP contribution is -2.32. The van der Waals surface area contributed by atoms with Crippen molar-refractivity contribution in [1.82, 2.24) is 4.90 Å². The largest absolute Gasteiger partial charge is 0.337 e. The average molecular weight is 270 g/mol. The molecule has 0 aliphatic carbocycles. The highest BCUT2D eigenvalue weighted by Gasteiger charge is 2.22. The van der Waals surface area contributed by atoms with Crippen molar-refractivity contribution in [2.75, 3.05) is 6.54 Å². The fraction of sp³-hybridized carbons (Fsp3) is 0.417. The van der Waals surface area contributed by atoms with Gasteiger partial charge in [-0.25, -0.2) is 0 Å². The van der Waals surface area contributed by atoms with Gasteiger partial charge in [-0.3, -0.25) is 4.79 Å². The molecule has 3 heteroatoms. The van der Waals surface area contributed by atoms with Crippen molar-refractivity contribution in [2.24, 2.45) is 0 Å². The van der Waals surface area contributed by atoms with Crippen LogP contribution in [-0.4, -0.2) is 23.4 Å². The Labute approximate surface area is 99.5 Å². The van der Waals surface area contributed by atoms with Crippen LogP contribution in [0.2, 0.25) is 0 Å². The number of halogens is 1. The second-order valence-corrected chi connectivity index (χ2v) is 4.49. The number of nitrogens with zero attached hydrogens (tertiary/aromatic N) is 1. The minimum Gasteiger partial charge on any atom is -0.337 e. The van der Waals surface area contributed by atoms with Gasteiger partial charge >= 0.3 is 0 Å². The maximum absolute atomic E-state index is 11.4. The Balaban J connectivity index is 2.51. The van der Waals surface area contributed by atoms with Gasteiger partial charge in [-0.1, -0.05) is 40.7 Å². The Bertz CT molecular complexity index is 307. The first kappa shape index (κ1) is 12.2. The molecule has 0 saturated carbocycles. The quantitative estimate of drug-likeness (QED) is 0.719. The van der Waals surface area contributed by atoms with Gasteiger partial charge in [0.15, 0.2) is 0 Å². The lowest BCUT2D eigenvalue weighted by atomic mass is 10.2. The van der Waals surface area contributed by atoms with Gasteiger partial charge in [-0.15, -0.1) is 0 Å². The first-order chi connectivity index (χ1) is 7.15. The Kier molecular flexibility index (Phi) is 4.82. The number of hydrogen-bond acceptors (Lipinski definition) is 1. The predicted octanol–water partition coefficient (Wildman–Crippen LogP) is 3.02. The molecule has 0 bridgehead atoms. The molecule has 1 rings (SSSR count). The van der Waals surface area contributed by atoms with Crippen molar-refractivity contribution < 1.29 is 4.79 Å². The molecule has 82 valence electrons. The number of rotatable bonds is 4. The van der Waals surface area contributed by atoms with Gasteiger partial charge < -0.3 is 4.90 Å². The third kappa shape index (κ3) is 3.67. The van der Waals surface area contributed by atoms with Crippen molar-refractivity contribution in [2.45, 2.75) is 25.8 Å². The number of hydrogen-bond donors (Lipinski definition) is 0. The van der Waals surface area contributed by atoms with Crippen LogP contribution < -0.4 is 0 Å². The summed E-state index contributed by atoms with van der Waals surface area (Å²) < 4.78 is 0.943. The van der Waals surface area contributed by atoms with E-state index >= 15 is 0 Å². The summed E-state index contributed by atoms with van der Waals surface area (Å²) in [5, 5.41) is 0. The normalized spacial score (nSPS) is 20.0. The highest BCUT2D eigenvalue weighted by atomic mass is 79.9. The SMILES string of the molecule is C=C/C(Br)=C\C=C\C(C)N1CCCC1=O. The summed E-state index contributed by atoms with van der Waals surface area (Å²) in [6, 6.07) is 0.182. The molecule has 0 aromatic heterocycles. The molecule has 0 spiro atoms. The maximum atomic E-state index is 11.4. The summed E-state index contributed by atoms with van der Waals surface area (Å²) in [4.78, 5) is 13.3. The summed E-state index contributed by atoms with van der Waals surface area (Å²) in [5.74, 6) is 0.263. The molecule has 1 amide bonds. The van der Waals surface area contributed by atoms with E-state index in [-0.39, 0.29) is 11.9 Å². The van der Waals surface area contributed by atoms with E-state index in [1.807, 2.05) is 30.1 Å². The third-order valence-corrected chi connectivity index (χ3v) is 3.03. The second-order valence-electron chi connectivity index (χ2n) is 3.57. The molecular formula is C12H16BrNO. The Hall–Kier alpha value is -0.830. The van der Waals surface area contributed by atoms with E-state index in [1.165, 1.54) is 0 Å². The summed E-state index contributed by atoms with van der Waals surface area (Å²) >= 11 is 3.33. The molecule has 1 fully saturated rings. The van der Waals surface area contributed by atoms with E-state index in [4.69, 9.17) is 0 Å². The van der Waals surface area contributed by atoms with Gasteiger partial charge in [0, 0.05) is 23.5 Å². The summed E-state index contributed by atoms with van der Waals surface area (Å²) in [7, 11) is 0. The van der Waals surface area contributed by atoms with Crippen LogP contribution in [0.5, 0.6) is 0 Å². The predicted molar refractivity (Wildman–Crippen MR) is 66.8 cm³/mol. The number of allylic oxidation sites excluding steroid dienone is 4. The van der Waals surface area contributed by atoms with Gasteiger partial charge in [0.2, 0.25) is 5.91 Å². The molecular weight excluding hydrogens is 254 g/mol. The lowest BCUT2D eigenvalue weighted by Gasteiger charge is -2.20. The molecule has 1 heterocycles.